The molecule has 0 radical (unpaired) electrons. The van der Waals surface area contributed by atoms with Crippen LogP contribution in [0.2, 0.25) is 0 Å². The lowest BCUT2D eigenvalue weighted by atomic mass is 10.7. The maximum atomic E-state index is 10.4. The summed E-state index contributed by atoms with van der Waals surface area (Å²) in [5, 5.41) is 0. The SMILES string of the molecule is CCOC(=O)C(Cl)(Cl)Cl.ClC=CCCl. The summed E-state index contributed by atoms with van der Waals surface area (Å²) < 4.78 is 2.44. The van der Waals surface area contributed by atoms with Crippen molar-refractivity contribution in [3.8, 4) is 0 Å². The molecule has 0 atom stereocenters. The highest BCUT2D eigenvalue weighted by Gasteiger charge is 2.31. The molecular formula is C7H9Cl5O2. The number of carbonyl (C=O) groups is 1. The first-order valence-corrected chi connectivity index (χ1v) is 5.55. The van der Waals surface area contributed by atoms with E-state index in [-0.39, 0.29) is 6.61 Å². The zero-order chi connectivity index (χ0) is 11.6. The highest BCUT2D eigenvalue weighted by molar-refractivity contribution is 6.75. The average Bonchev–Trinajstić information content (AvgIpc) is 2.05. The van der Waals surface area contributed by atoms with Crippen LogP contribution in [0.4, 0.5) is 0 Å². The number of ether oxygens (including phenoxy) is 1. The molecule has 14 heavy (non-hydrogen) atoms. The second-order valence-electron chi connectivity index (χ2n) is 1.73. The Morgan fingerprint density at radius 1 is 1.43 bits per heavy atom. The fourth-order valence-electron chi connectivity index (χ4n) is 0.247. The van der Waals surface area contributed by atoms with E-state index in [1.54, 1.807) is 13.0 Å². The van der Waals surface area contributed by atoms with Crippen molar-refractivity contribution in [2.24, 2.45) is 0 Å². The molecular weight excluding hydrogens is 293 g/mol. The van der Waals surface area contributed by atoms with Gasteiger partial charge >= 0.3 is 5.97 Å². The fourth-order valence-corrected chi connectivity index (χ4v) is 0.680. The van der Waals surface area contributed by atoms with E-state index in [4.69, 9.17) is 58.0 Å². The van der Waals surface area contributed by atoms with Crippen molar-refractivity contribution in [2.75, 3.05) is 12.5 Å². The van der Waals surface area contributed by atoms with Crippen LogP contribution in [0.25, 0.3) is 0 Å². The van der Waals surface area contributed by atoms with Gasteiger partial charge in [0.2, 0.25) is 0 Å². The third-order valence-electron chi connectivity index (χ3n) is 0.685. The summed E-state index contributed by atoms with van der Waals surface area (Å²) in [6.45, 7) is 1.85. The highest BCUT2D eigenvalue weighted by atomic mass is 35.6. The Labute approximate surface area is 108 Å². The van der Waals surface area contributed by atoms with Crippen LogP contribution in [0, 0.1) is 0 Å². The number of halogens is 5. The van der Waals surface area contributed by atoms with Crippen molar-refractivity contribution in [1.82, 2.24) is 0 Å². The number of hydrogen-bond donors (Lipinski definition) is 0. The standard InChI is InChI=1S/C4H5Cl3O2.C3H4Cl2/c1-2-9-3(8)4(5,6)7;4-2-1-3-5/h2H2,1H3;1-2H,3H2. The quantitative estimate of drug-likeness (QED) is 0.571. The molecule has 0 aliphatic rings. The van der Waals surface area contributed by atoms with E-state index in [0.717, 1.165) is 0 Å². The Bertz CT molecular complexity index is 175. The first-order chi connectivity index (χ1) is 6.40. The summed E-state index contributed by atoms with van der Waals surface area (Å²) in [4.78, 5) is 10.4. The predicted octanol–water partition coefficient (Wildman–Crippen LogP) is 3.90. The van der Waals surface area contributed by atoms with Crippen LogP contribution >= 0.6 is 58.0 Å². The maximum Gasteiger partial charge on any atom is 0.358 e. The lowest BCUT2D eigenvalue weighted by Crippen LogP contribution is -2.21. The molecule has 84 valence electrons. The number of esters is 1. The fraction of sp³-hybridized carbons (Fsp3) is 0.571. The second kappa shape index (κ2) is 10.2. The third-order valence-corrected chi connectivity index (χ3v) is 1.50. The molecule has 0 rings (SSSR count). The maximum absolute atomic E-state index is 10.4. The smallest absolute Gasteiger partial charge is 0.358 e. The summed E-state index contributed by atoms with van der Waals surface area (Å²) in [6.07, 6.45) is 1.66. The third kappa shape index (κ3) is 12.7. The monoisotopic (exact) mass is 300 g/mol. The van der Waals surface area contributed by atoms with Gasteiger partial charge < -0.3 is 4.74 Å². The van der Waals surface area contributed by atoms with Gasteiger partial charge in [-0.15, -0.1) is 11.6 Å². The van der Waals surface area contributed by atoms with Crippen molar-refractivity contribution in [3.63, 3.8) is 0 Å². The van der Waals surface area contributed by atoms with Crippen molar-refractivity contribution < 1.29 is 9.53 Å². The Morgan fingerprint density at radius 3 is 2.00 bits per heavy atom. The number of rotatable bonds is 2. The van der Waals surface area contributed by atoms with Crippen LogP contribution in [-0.4, -0.2) is 22.2 Å². The van der Waals surface area contributed by atoms with Gasteiger partial charge in [0.1, 0.15) is 0 Å². The summed E-state index contributed by atoms with van der Waals surface area (Å²) in [6, 6.07) is 0. The van der Waals surface area contributed by atoms with E-state index in [9.17, 15) is 4.79 Å². The van der Waals surface area contributed by atoms with Crippen LogP contribution in [-0.2, 0) is 9.53 Å². The molecule has 0 saturated heterocycles. The number of carbonyl (C=O) groups excluding carboxylic acids is 1. The Balaban J connectivity index is 0. The molecule has 0 amide bonds. The van der Waals surface area contributed by atoms with Gasteiger partial charge in [0.25, 0.3) is 3.79 Å². The molecule has 0 heterocycles. The van der Waals surface area contributed by atoms with Gasteiger partial charge in [0.15, 0.2) is 0 Å². The molecule has 0 spiro atoms. The largest absolute Gasteiger partial charge is 0.463 e. The van der Waals surface area contributed by atoms with Gasteiger partial charge in [-0.05, 0) is 6.92 Å². The van der Waals surface area contributed by atoms with Crippen LogP contribution in [0.15, 0.2) is 11.6 Å². The number of alkyl halides is 4. The van der Waals surface area contributed by atoms with Gasteiger partial charge in [-0.2, -0.15) is 0 Å². The van der Waals surface area contributed by atoms with Gasteiger partial charge in [-0.3, -0.25) is 0 Å². The average molecular weight is 302 g/mol. The Hall–Kier alpha value is 0.660. The van der Waals surface area contributed by atoms with Crippen molar-refractivity contribution in [3.05, 3.63) is 11.6 Å². The zero-order valence-corrected chi connectivity index (χ0v) is 11.1. The van der Waals surface area contributed by atoms with E-state index in [1.165, 1.54) is 5.54 Å². The summed E-state index contributed by atoms with van der Waals surface area (Å²) in [7, 11) is 0. The minimum absolute atomic E-state index is 0.215. The van der Waals surface area contributed by atoms with Crippen LogP contribution in [0.1, 0.15) is 6.92 Å². The van der Waals surface area contributed by atoms with E-state index in [2.05, 4.69) is 4.74 Å². The molecule has 0 unspecified atom stereocenters. The molecule has 0 saturated carbocycles. The number of hydrogen-bond acceptors (Lipinski definition) is 2. The van der Waals surface area contributed by atoms with E-state index in [1.807, 2.05) is 0 Å². The van der Waals surface area contributed by atoms with Gasteiger partial charge in [0, 0.05) is 11.4 Å². The second-order valence-corrected chi connectivity index (χ2v) is 4.58. The molecule has 0 aromatic rings. The van der Waals surface area contributed by atoms with Crippen LogP contribution in [0.3, 0.4) is 0 Å². The van der Waals surface area contributed by atoms with Crippen molar-refractivity contribution in [1.29, 1.82) is 0 Å². The van der Waals surface area contributed by atoms with Gasteiger partial charge in [-0.25, -0.2) is 4.79 Å². The van der Waals surface area contributed by atoms with Crippen LogP contribution in [0.5, 0.6) is 0 Å². The molecule has 2 nitrogen and oxygen atoms in total. The first kappa shape index (κ1) is 17.1. The van der Waals surface area contributed by atoms with Crippen LogP contribution < -0.4 is 0 Å². The lowest BCUT2D eigenvalue weighted by molar-refractivity contribution is -0.141. The normalized spacial score (nSPS) is 10.7. The van der Waals surface area contributed by atoms with Crippen molar-refractivity contribution >= 4 is 64.0 Å². The van der Waals surface area contributed by atoms with E-state index < -0.39 is 9.76 Å². The topological polar surface area (TPSA) is 26.3 Å². The van der Waals surface area contributed by atoms with E-state index >= 15 is 0 Å². The summed E-state index contributed by atoms with van der Waals surface area (Å²) >= 11 is 25.5. The summed E-state index contributed by atoms with van der Waals surface area (Å²) in [5.41, 5.74) is 1.40. The summed E-state index contributed by atoms with van der Waals surface area (Å²) in [5.74, 6) is -0.334. The minimum atomic E-state index is -1.93. The lowest BCUT2D eigenvalue weighted by Gasteiger charge is -2.07. The van der Waals surface area contributed by atoms with Crippen molar-refractivity contribution in [2.45, 2.75) is 10.7 Å². The molecule has 0 bridgehead atoms. The predicted molar refractivity (Wildman–Crippen MR) is 62.6 cm³/mol. The van der Waals surface area contributed by atoms with Gasteiger partial charge in [-0.1, -0.05) is 52.5 Å². The minimum Gasteiger partial charge on any atom is -0.463 e. The first-order valence-electron chi connectivity index (χ1n) is 3.45. The van der Waals surface area contributed by atoms with Gasteiger partial charge in [0.05, 0.1) is 6.61 Å². The molecule has 7 heteroatoms. The number of allylic oxidation sites excluding steroid dienone is 1. The molecule has 0 aromatic carbocycles. The van der Waals surface area contributed by atoms with E-state index in [0.29, 0.717) is 5.88 Å². The Kier molecular flexibility index (Phi) is 12.4. The molecule has 0 aliphatic carbocycles. The zero-order valence-electron chi connectivity index (χ0n) is 7.28. The highest BCUT2D eigenvalue weighted by Crippen LogP contribution is 2.27. The Morgan fingerprint density at radius 2 is 1.93 bits per heavy atom. The molecule has 0 aliphatic heterocycles. The molecule has 0 fully saturated rings. The molecule has 0 aromatic heterocycles. The molecule has 0 N–H and O–H groups in total.